The number of aromatic amines is 1. The number of methoxy groups -OCH3 is 1. The van der Waals surface area contributed by atoms with E-state index >= 15 is 0 Å². The lowest BCUT2D eigenvalue weighted by atomic mass is 9.98. The molecule has 3 aromatic heterocycles. The molecule has 0 aliphatic carbocycles. The maximum Gasteiger partial charge on any atom is 0.368 e. The fourth-order valence-corrected chi connectivity index (χ4v) is 4.89. The molecule has 0 spiro atoms. The standard InChI is InChI=1S/C28H32N8O4/c1-5-6-7-12-23-29-26-24(27(37)35(18(2)39-3)28(38)36(26)40-4)34(23)17-19-13-15-20(16-14-19)21-10-8-9-11-22(21)25-30-32-33-31-25/h8-11,13-16,18H,5-7,12,17H2,1-4H3,(H,30,31,32,33). The summed E-state index contributed by atoms with van der Waals surface area (Å²) >= 11 is 0. The summed E-state index contributed by atoms with van der Waals surface area (Å²) in [5.74, 6) is 1.24. The van der Waals surface area contributed by atoms with E-state index in [4.69, 9.17) is 14.6 Å². The fourth-order valence-electron chi connectivity index (χ4n) is 4.89. The molecule has 40 heavy (non-hydrogen) atoms. The summed E-state index contributed by atoms with van der Waals surface area (Å²) in [5.41, 5.74) is 3.20. The van der Waals surface area contributed by atoms with Crippen LogP contribution in [-0.2, 0) is 17.7 Å². The number of unbranched alkanes of at least 4 members (excludes halogenated alkanes) is 2. The van der Waals surface area contributed by atoms with E-state index in [1.807, 2.05) is 53.1 Å². The number of nitrogens with zero attached hydrogens (tertiary/aromatic N) is 7. The van der Waals surface area contributed by atoms with Crippen LogP contribution in [0.25, 0.3) is 33.7 Å². The normalized spacial score (nSPS) is 12.2. The Hall–Kier alpha value is -4.58. The van der Waals surface area contributed by atoms with Gasteiger partial charge in [-0.25, -0.2) is 14.3 Å². The Morgan fingerprint density at radius 1 is 1.00 bits per heavy atom. The molecule has 0 saturated heterocycles. The van der Waals surface area contributed by atoms with Gasteiger partial charge >= 0.3 is 5.69 Å². The van der Waals surface area contributed by atoms with Gasteiger partial charge in [0.05, 0.1) is 0 Å². The van der Waals surface area contributed by atoms with Gasteiger partial charge in [-0.05, 0) is 35.2 Å². The predicted octanol–water partition coefficient (Wildman–Crippen LogP) is 3.21. The van der Waals surface area contributed by atoms with E-state index in [0.29, 0.717) is 24.3 Å². The van der Waals surface area contributed by atoms with Crippen molar-refractivity contribution in [1.82, 2.24) is 39.5 Å². The number of ether oxygens (including phenoxy) is 1. The van der Waals surface area contributed by atoms with Gasteiger partial charge in [-0.15, -0.1) is 14.9 Å². The van der Waals surface area contributed by atoms with Gasteiger partial charge in [0, 0.05) is 25.6 Å². The summed E-state index contributed by atoms with van der Waals surface area (Å²) in [7, 11) is 2.83. The summed E-state index contributed by atoms with van der Waals surface area (Å²) in [6.07, 6.45) is 2.87. The van der Waals surface area contributed by atoms with Crippen molar-refractivity contribution in [3.63, 3.8) is 0 Å². The van der Waals surface area contributed by atoms with Crippen LogP contribution in [0.5, 0.6) is 0 Å². The van der Waals surface area contributed by atoms with Gasteiger partial charge in [0.25, 0.3) is 5.56 Å². The summed E-state index contributed by atoms with van der Waals surface area (Å²) in [4.78, 5) is 36.9. The molecule has 0 radical (unpaired) electrons. The third-order valence-corrected chi connectivity index (χ3v) is 7.03. The highest BCUT2D eigenvalue weighted by Crippen LogP contribution is 2.30. The van der Waals surface area contributed by atoms with E-state index in [-0.39, 0.29) is 5.65 Å². The van der Waals surface area contributed by atoms with Crippen LogP contribution in [0.2, 0.25) is 0 Å². The van der Waals surface area contributed by atoms with Crippen LogP contribution < -0.4 is 16.1 Å². The SMILES string of the molecule is CCCCCc1nc2c(c(=O)n(C(C)OC)c(=O)n2OC)n1Cc1ccc(-c2ccccc2-c2nn[nH]n2)cc1. The molecule has 5 rings (SSSR count). The number of nitrogens with one attached hydrogen (secondary N) is 1. The Labute approximate surface area is 230 Å². The fraction of sp³-hybridized carbons (Fsp3) is 0.357. The first-order chi connectivity index (χ1) is 19.5. The molecule has 12 nitrogen and oxygen atoms in total. The quantitative estimate of drug-likeness (QED) is 0.251. The second-order valence-corrected chi connectivity index (χ2v) is 9.49. The third-order valence-electron chi connectivity index (χ3n) is 7.03. The molecular weight excluding hydrogens is 512 g/mol. The third kappa shape index (κ3) is 4.93. The minimum Gasteiger partial charge on any atom is -0.411 e. The van der Waals surface area contributed by atoms with Gasteiger partial charge in [0.1, 0.15) is 19.2 Å². The molecule has 0 aliphatic heterocycles. The van der Waals surface area contributed by atoms with Crippen LogP contribution >= 0.6 is 0 Å². The molecule has 12 heteroatoms. The van der Waals surface area contributed by atoms with Crippen molar-refractivity contribution in [2.45, 2.75) is 52.3 Å². The van der Waals surface area contributed by atoms with E-state index in [1.165, 1.54) is 14.2 Å². The summed E-state index contributed by atoms with van der Waals surface area (Å²) in [6, 6.07) is 16.0. The van der Waals surface area contributed by atoms with E-state index in [2.05, 4.69) is 27.5 Å². The Balaban J connectivity index is 1.59. The average molecular weight is 545 g/mol. The smallest absolute Gasteiger partial charge is 0.368 e. The molecule has 0 saturated carbocycles. The molecule has 0 fully saturated rings. The first-order valence-corrected chi connectivity index (χ1v) is 13.2. The maximum absolute atomic E-state index is 13.7. The van der Waals surface area contributed by atoms with Crippen LogP contribution in [0.3, 0.4) is 0 Å². The van der Waals surface area contributed by atoms with Crippen LogP contribution in [0, 0.1) is 0 Å². The highest BCUT2D eigenvalue weighted by molar-refractivity contribution is 5.80. The van der Waals surface area contributed by atoms with E-state index in [1.54, 1.807) is 6.92 Å². The van der Waals surface area contributed by atoms with Gasteiger partial charge in [-0.1, -0.05) is 68.3 Å². The van der Waals surface area contributed by atoms with Crippen molar-refractivity contribution >= 4 is 11.2 Å². The molecule has 1 atom stereocenters. The Morgan fingerprint density at radius 3 is 2.40 bits per heavy atom. The first-order valence-electron chi connectivity index (χ1n) is 13.2. The first kappa shape index (κ1) is 27.0. The number of rotatable bonds is 11. The summed E-state index contributed by atoms with van der Waals surface area (Å²) < 4.78 is 9.34. The number of hydrogen-bond acceptors (Lipinski definition) is 8. The molecular formula is C28H32N8O4. The van der Waals surface area contributed by atoms with Gasteiger partial charge in [0.2, 0.25) is 11.5 Å². The number of H-pyrrole nitrogens is 1. The monoisotopic (exact) mass is 544 g/mol. The van der Waals surface area contributed by atoms with Crippen molar-refractivity contribution in [2.75, 3.05) is 14.2 Å². The molecule has 0 amide bonds. The van der Waals surface area contributed by atoms with Gasteiger partial charge in [-0.2, -0.15) is 5.21 Å². The number of benzene rings is 2. The molecule has 1 N–H and O–H groups in total. The number of imidazole rings is 1. The van der Waals surface area contributed by atoms with Gasteiger partial charge in [-0.3, -0.25) is 4.79 Å². The van der Waals surface area contributed by atoms with Crippen molar-refractivity contribution in [3.8, 4) is 22.5 Å². The van der Waals surface area contributed by atoms with E-state index in [0.717, 1.165) is 56.6 Å². The molecule has 0 aliphatic rings. The Kier molecular flexibility index (Phi) is 7.87. The second kappa shape index (κ2) is 11.7. The van der Waals surface area contributed by atoms with Crippen molar-refractivity contribution in [1.29, 1.82) is 0 Å². The predicted molar refractivity (Wildman–Crippen MR) is 150 cm³/mol. The Bertz CT molecular complexity index is 1720. The van der Waals surface area contributed by atoms with Crippen LogP contribution in [-0.4, -0.2) is 53.7 Å². The van der Waals surface area contributed by atoms with Crippen molar-refractivity contribution in [2.24, 2.45) is 0 Å². The van der Waals surface area contributed by atoms with E-state index < -0.39 is 17.5 Å². The zero-order valence-corrected chi connectivity index (χ0v) is 23.0. The zero-order valence-electron chi connectivity index (χ0n) is 23.0. The number of tetrazole rings is 1. The number of aryl methyl sites for hydroxylation is 1. The lowest BCUT2D eigenvalue weighted by Gasteiger charge is -2.16. The minimum atomic E-state index is -0.781. The van der Waals surface area contributed by atoms with Crippen LogP contribution in [0.4, 0.5) is 0 Å². The molecule has 0 bridgehead atoms. The molecule has 208 valence electrons. The average Bonchev–Trinajstić information content (AvgIpc) is 3.63. The number of aromatic nitrogens is 8. The number of fused-ring (bicyclic) bond motifs is 1. The van der Waals surface area contributed by atoms with Crippen molar-refractivity contribution in [3.05, 3.63) is 80.8 Å². The highest BCUT2D eigenvalue weighted by atomic mass is 16.7. The van der Waals surface area contributed by atoms with Crippen molar-refractivity contribution < 1.29 is 9.57 Å². The van der Waals surface area contributed by atoms with Crippen LogP contribution in [0.1, 0.15) is 50.7 Å². The lowest BCUT2D eigenvalue weighted by molar-refractivity contribution is 0.0456. The summed E-state index contributed by atoms with van der Waals surface area (Å²) in [5, 5.41) is 14.5. The van der Waals surface area contributed by atoms with Crippen LogP contribution in [0.15, 0.2) is 58.1 Å². The zero-order chi connectivity index (χ0) is 28.2. The molecule has 3 heterocycles. The van der Waals surface area contributed by atoms with Gasteiger partial charge < -0.3 is 14.1 Å². The van der Waals surface area contributed by atoms with Gasteiger partial charge in [0.15, 0.2) is 5.52 Å². The topological polar surface area (TPSA) is 135 Å². The van der Waals surface area contributed by atoms with E-state index in [9.17, 15) is 9.59 Å². The minimum absolute atomic E-state index is 0.203. The lowest BCUT2D eigenvalue weighted by Crippen LogP contribution is -2.44. The number of hydrogen-bond donors (Lipinski definition) is 1. The molecule has 5 aromatic rings. The maximum atomic E-state index is 13.7. The highest BCUT2D eigenvalue weighted by Gasteiger charge is 2.24. The Morgan fingerprint density at radius 2 is 1.75 bits per heavy atom. The second-order valence-electron chi connectivity index (χ2n) is 9.49. The largest absolute Gasteiger partial charge is 0.411 e. The molecule has 1 unspecified atom stereocenters. The molecule has 2 aromatic carbocycles. The summed E-state index contributed by atoms with van der Waals surface area (Å²) in [6.45, 7) is 4.17.